The monoisotopic (exact) mass is 276 g/mol. The topological polar surface area (TPSA) is 23.6 Å². The van der Waals surface area contributed by atoms with Gasteiger partial charge in [0.05, 0.1) is 4.83 Å². The molecule has 0 aliphatic carbocycles. The van der Waals surface area contributed by atoms with E-state index in [1.807, 2.05) is 4.90 Å². The average Bonchev–Trinajstić information content (AvgIpc) is 2.18. The zero-order chi connectivity index (χ0) is 11.3. The molecular weight excluding hydrogens is 256 g/mol. The number of carbonyl (C=O) groups is 1. The van der Waals surface area contributed by atoms with Crippen LogP contribution in [-0.2, 0) is 4.79 Å². The summed E-state index contributed by atoms with van der Waals surface area (Å²) in [6.07, 6.45) is 4.41. The lowest BCUT2D eigenvalue weighted by atomic mass is 10.1. The summed E-state index contributed by atoms with van der Waals surface area (Å²) in [4.78, 5) is 16.0. The van der Waals surface area contributed by atoms with E-state index in [-0.39, 0.29) is 10.7 Å². The summed E-state index contributed by atoms with van der Waals surface area (Å²) in [5, 5.41) is 0. The molecule has 1 saturated heterocycles. The van der Waals surface area contributed by atoms with E-state index in [4.69, 9.17) is 0 Å². The number of nitrogens with zero attached hydrogens (tertiary/aromatic N) is 2. The van der Waals surface area contributed by atoms with Crippen LogP contribution in [0, 0.1) is 0 Å². The van der Waals surface area contributed by atoms with Gasteiger partial charge in [-0.3, -0.25) is 4.79 Å². The van der Waals surface area contributed by atoms with E-state index in [1.165, 1.54) is 6.42 Å². The Morgan fingerprint density at radius 1 is 1.47 bits per heavy atom. The van der Waals surface area contributed by atoms with Crippen molar-refractivity contribution in [1.82, 2.24) is 9.80 Å². The van der Waals surface area contributed by atoms with Crippen LogP contribution < -0.4 is 0 Å². The summed E-state index contributed by atoms with van der Waals surface area (Å²) in [6.45, 7) is 2.98. The van der Waals surface area contributed by atoms with Gasteiger partial charge in [0.1, 0.15) is 0 Å². The molecule has 0 aromatic carbocycles. The van der Waals surface area contributed by atoms with Crippen LogP contribution in [-0.4, -0.2) is 54.3 Å². The van der Waals surface area contributed by atoms with Gasteiger partial charge in [-0.15, -0.1) is 0 Å². The molecule has 1 fully saturated rings. The maximum Gasteiger partial charge on any atom is 0.236 e. The van der Waals surface area contributed by atoms with Gasteiger partial charge in [0, 0.05) is 13.1 Å². The van der Waals surface area contributed by atoms with Crippen molar-refractivity contribution < 1.29 is 4.79 Å². The summed E-state index contributed by atoms with van der Waals surface area (Å²) in [5.41, 5.74) is 0. The van der Waals surface area contributed by atoms with Gasteiger partial charge in [-0.2, -0.15) is 0 Å². The van der Waals surface area contributed by atoms with Crippen LogP contribution in [0.2, 0.25) is 0 Å². The van der Waals surface area contributed by atoms with Gasteiger partial charge < -0.3 is 9.80 Å². The Bertz CT molecular complexity index is 209. The van der Waals surface area contributed by atoms with Gasteiger partial charge >= 0.3 is 0 Å². The molecule has 0 saturated carbocycles. The fraction of sp³-hybridized carbons (Fsp3) is 0.909. The Kier molecular flexibility index (Phi) is 5.61. The van der Waals surface area contributed by atoms with Gasteiger partial charge in [0.15, 0.2) is 0 Å². The minimum absolute atomic E-state index is 0.0695. The second-order valence-corrected chi connectivity index (χ2v) is 5.55. The molecule has 3 nitrogen and oxygen atoms in total. The highest BCUT2D eigenvalue weighted by Crippen LogP contribution is 2.18. The van der Waals surface area contributed by atoms with Crippen molar-refractivity contribution in [3.63, 3.8) is 0 Å². The summed E-state index contributed by atoms with van der Waals surface area (Å²) < 4.78 is 0. The molecule has 1 heterocycles. The van der Waals surface area contributed by atoms with Gasteiger partial charge in [0.2, 0.25) is 5.91 Å². The second kappa shape index (κ2) is 6.48. The number of rotatable bonds is 5. The first-order chi connectivity index (χ1) is 7.11. The number of halogens is 1. The van der Waals surface area contributed by atoms with Gasteiger partial charge in [-0.25, -0.2) is 0 Å². The van der Waals surface area contributed by atoms with E-state index < -0.39 is 0 Å². The highest BCUT2D eigenvalue weighted by Gasteiger charge is 2.25. The molecule has 0 spiro atoms. The smallest absolute Gasteiger partial charge is 0.236 e. The predicted octanol–water partition coefficient (Wildman–Crippen LogP) is 1.71. The van der Waals surface area contributed by atoms with Crippen LogP contribution in [0.5, 0.6) is 0 Å². The minimum atomic E-state index is 0.0695. The molecule has 88 valence electrons. The Morgan fingerprint density at radius 2 is 2.20 bits per heavy atom. The van der Waals surface area contributed by atoms with Crippen molar-refractivity contribution >= 4 is 21.8 Å². The molecule has 0 aromatic heterocycles. The maximum atomic E-state index is 11.7. The lowest BCUT2D eigenvalue weighted by molar-refractivity contribution is -0.132. The molecule has 0 bridgehead atoms. The molecule has 1 amide bonds. The van der Waals surface area contributed by atoms with E-state index >= 15 is 0 Å². The standard InChI is InChI=1S/C11H21BrN2O/c1-13(2)7-3-4-8-14-9-5-6-10(12)11(14)15/h10H,3-9H2,1-2H3. The average molecular weight is 277 g/mol. The van der Waals surface area contributed by atoms with E-state index in [0.29, 0.717) is 0 Å². The molecule has 0 aromatic rings. The van der Waals surface area contributed by atoms with Crippen LogP contribution in [0.4, 0.5) is 0 Å². The van der Waals surface area contributed by atoms with Crippen LogP contribution in [0.3, 0.4) is 0 Å². The number of likely N-dealkylation sites (tertiary alicyclic amines) is 1. The number of alkyl halides is 1. The Morgan fingerprint density at radius 3 is 2.87 bits per heavy atom. The first-order valence-electron chi connectivity index (χ1n) is 5.69. The largest absolute Gasteiger partial charge is 0.342 e. The first kappa shape index (κ1) is 13.0. The third-order valence-electron chi connectivity index (χ3n) is 2.75. The summed E-state index contributed by atoms with van der Waals surface area (Å²) in [5.74, 6) is 0.283. The number of amides is 1. The number of unbranched alkanes of at least 4 members (excludes halogenated alkanes) is 1. The maximum absolute atomic E-state index is 11.7. The lowest BCUT2D eigenvalue weighted by Crippen LogP contribution is -2.42. The van der Waals surface area contributed by atoms with Gasteiger partial charge in [-0.1, -0.05) is 15.9 Å². The van der Waals surface area contributed by atoms with E-state index in [2.05, 4.69) is 34.9 Å². The molecule has 1 aliphatic rings. The van der Waals surface area contributed by atoms with Crippen LogP contribution in [0.1, 0.15) is 25.7 Å². The molecule has 1 atom stereocenters. The number of hydrogen-bond acceptors (Lipinski definition) is 2. The molecule has 0 radical (unpaired) electrons. The Hall–Kier alpha value is -0.0900. The second-order valence-electron chi connectivity index (χ2n) is 4.45. The van der Waals surface area contributed by atoms with Gasteiger partial charge in [-0.05, 0) is 46.3 Å². The molecule has 0 N–H and O–H groups in total. The predicted molar refractivity (Wildman–Crippen MR) is 66.3 cm³/mol. The van der Waals surface area contributed by atoms with Gasteiger partial charge in [0.25, 0.3) is 0 Å². The van der Waals surface area contributed by atoms with E-state index in [1.54, 1.807) is 0 Å². The highest BCUT2D eigenvalue weighted by molar-refractivity contribution is 9.10. The number of piperidine rings is 1. The Labute approximate surface area is 101 Å². The van der Waals surface area contributed by atoms with Crippen molar-refractivity contribution in [3.8, 4) is 0 Å². The number of hydrogen-bond donors (Lipinski definition) is 0. The molecule has 4 heteroatoms. The fourth-order valence-corrected chi connectivity index (χ4v) is 2.46. The van der Waals surface area contributed by atoms with E-state index in [9.17, 15) is 4.79 Å². The van der Waals surface area contributed by atoms with Crippen molar-refractivity contribution in [2.45, 2.75) is 30.5 Å². The zero-order valence-corrected chi connectivity index (χ0v) is 11.3. The highest BCUT2D eigenvalue weighted by atomic mass is 79.9. The van der Waals surface area contributed by atoms with Crippen molar-refractivity contribution in [1.29, 1.82) is 0 Å². The lowest BCUT2D eigenvalue weighted by Gasteiger charge is -2.29. The normalized spacial score (nSPS) is 22.5. The molecule has 1 aliphatic heterocycles. The summed E-state index contributed by atoms with van der Waals surface area (Å²) in [7, 11) is 4.17. The third kappa shape index (κ3) is 4.51. The number of carbonyl (C=O) groups excluding carboxylic acids is 1. The van der Waals surface area contributed by atoms with Crippen LogP contribution in [0.15, 0.2) is 0 Å². The minimum Gasteiger partial charge on any atom is -0.342 e. The Balaban J connectivity index is 2.17. The van der Waals surface area contributed by atoms with Crippen molar-refractivity contribution in [3.05, 3.63) is 0 Å². The third-order valence-corrected chi connectivity index (χ3v) is 3.60. The molecule has 1 unspecified atom stereocenters. The van der Waals surface area contributed by atoms with Crippen LogP contribution >= 0.6 is 15.9 Å². The molecule has 15 heavy (non-hydrogen) atoms. The summed E-state index contributed by atoms with van der Waals surface area (Å²) >= 11 is 3.43. The van der Waals surface area contributed by atoms with Crippen LogP contribution in [0.25, 0.3) is 0 Å². The molecule has 1 rings (SSSR count). The summed E-state index contributed by atoms with van der Waals surface area (Å²) in [6, 6.07) is 0. The van der Waals surface area contributed by atoms with E-state index in [0.717, 1.165) is 38.9 Å². The van der Waals surface area contributed by atoms with Crippen molar-refractivity contribution in [2.75, 3.05) is 33.7 Å². The van der Waals surface area contributed by atoms with Crippen molar-refractivity contribution in [2.24, 2.45) is 0 Å². The SMILES string of the molecule is CN(C)CCCCN1CCCC(Br)C1=O. The zero-order valence-electron chi connectivity index (χ0n) is 9.71. The fourth-order valence-electron chi connectivity index (χ4n) is 1.85. The quantitative estimate of drug-likeness (QED) is 0.564. The first-order valence-corrected chi connectivity index (χ1v) is 6.60. The molecular formula is C11H21BrN2O.